The standard InChI is InChI=1S/C17H29N/c1-5-8-16-9-7-10-17(12-16)15(4)14(3)13-18-11-6-2/h7,9-10,12,14-15,18H,5-6,8,11,13H2,1-4H3. The van der Waals surface area contributed by atoms with Crippen molar-refractivity contribution in [3.05, 3.63) is 35.4 Å². The molecule has 2 unspecified atom stereocenters. The Hall–Kier alpha value is -0.820. The summed E-state index contributed by atoms with van der Waals surface area (Å²) in [5, 5.41) is 3.53. The highest BCUT2D eigenvalue weighted by Gasteiger charge is 2.14. The molecule has 1 N–H and O–H groups in total. The van der Waals surface area contributed by atoms with Gasteiger partial charge in [-0.15, -0.1) is 0 Å². The van der Waals surface area contributed by atoms with Crippen molar-refractivity contribution >= 4 is 0 Å². The molecule has 18 heavy (non-hydrogen) atoms. The minimum Gasteiger partial charge on any atom is -0.316 e. The highest BCUT2D eigenvalue weighted by molar-refractivity contribution is 5.26. The number of rotatable bonds is 8. The second kappa shape index (κ2) is 8.31. The van der Waals surface area contributed by atoms with Crippen molar-refractivity contribution in [2.75, 3.05) is 13.1 Å². The van der Waals surface area contributed by atoms with Crippen LogP contribution in [0, 0.1) is 5.92 Å². The molecular weight excluding hydrogens is 218 g/mol. The summed E-state index contributed by atoms with van der Waals surface area (Å²) in [6.45, 7) is 11.4. The summed E-state index contributed by atoms with van der Waals surface area (Å²) in [6, 6.07) is 9.13. The normalized spacial score (nSPS) is 14.4. The van der Waals surface area contributed by atoms with Crippen molar-refractivity contribution in [1.29, 1.82) is 0 Å². The molecule has 1 heteroatoms. The summed E-state index contributed by atoms with van der Waals surface area (Å²) in [4.78, 5) is 0. The average Bonchev–Trinajstić information content (AvgIpc) is 2.39. The van der Waals surface area contributed by atoms with Gasteiger partial charge in [-0.2, -0.15) is 0 Å². The first kappa shape index (κ1) is 15.2. The maximum absolute atomic E-state index is 3.53. The fourth-order valence-corrected chi connectivity index (χ4v) is 2.33. The minimum absolute atomic E-state index is 0.631. The Morgan fingerprint density at radius 3 is 2.56 bits per heavy atom. The minimum atomic E-state index is 0.631. The van der Waals surface area contributed by atoms with Gasteiger partial charge in [0.05, 0.1) is 0 Å². The van der Waals surface area contributed by atoms with Gasteiger partial charge in [-0.25, -0.2) is 0 Å². The van der Waals surface area contributed by atoms with Gasteiger partial charge >= 0.3 is 0 Å². The highest BCUT2D eigenvalue weighted by atomic mass is 14.8. The van der Waals surface area contributed by atoms with Crippen LogP contribution in [0.4, 0.5) is 0 Å². The molecule has 102 valence electrons. The average molecular weight is 247 g/mol. The van der Waals surface area contributed by atoms with Crippen LogP contribution in [0.2, 0.25) is 0 Å². The van der Waals surface area contributed by atoms with E-state index in [9.17, 15) is 0 Å². The molecule has 0 amide bonds. The smallest absolute Gasteiger partial charge is 0.00174 e. The number of hydrogen-bond acceptors (Lipinski definition) is 1. The summed E-state index contributed by atoms with van der Waals surface area (Å²) in [6.07, 6.45) is 3.64. The zero-order valence-electron chi connectivity index (χ0n) is 12.5. The summed E-state index contributed by atoms with van der Waals surface area (Å²) in [5.41, 5.74) is 2.97. The first-order valence-electron chi connectivity index (χ1n) is 7.48. The lowest BCUT2D eigenvalue weighted by atomic mass is 9.87. The molecule has 0 spiro atoms. The molecule has 0 heterocycles. The highest BCUT2D eigenvalue weighted by Crippen LogP contribution is 2.24. The van der Waals surface area contributed by atoms with Gasteiger partial charge in [0.1, 0.15) is 0 Å². The third-order valence-corrected chi connectivity index (χ3v) is 3.76. The Kier molecular flexibility index (Phi) is 7.04. The molecule has 0 radical (unpaired) electrons. The van der Waals surface area contributed by atoms with Crippen LogP contribution in [-0.4, -0.2) is 13.1 Å². The van der Waals surface area contributed by atoms with Crippen LogP contribution < -0.4 is 5.32 Å². The van der Waals surface area contributed by atoms with Gasteiger partial charge in [0.25, 0.3) is 0 Å². The van der Waals surface area contributed by atoms with E-state index in [2.05, 4.69) is 57.3 Å². The predicted molar refractivity (Wildman–Crippen MR) is 81.2 cm³/mol. The van der Waals surface area contributed by atoms with Crippen molar-refractivity contribution in [1.82, 2.24) is 5.32 Å². The molecule has 0 saturated carbocycles. The van der Waals surface area contributed by atoms with Gasteiger partial charge in [-0.05, 0) is 48.9 Å². The second-order valence-corrected chi connectivity index (χ2v) is 5.47. The Morgan fingerprint density at radius 1 is 1.11 bits per heavy atom. The molecule has 0 aromatic heterocycles. The molecule has 1 rings (SSSR count). The van der Waals surface area contributed by atoms with Crippen molar-refractivity contribution in [2.24, 2.45) is 5.92 Å². The van der Waals surface area contributed by atoms with E-state index >= 15 is 0 Å². The van der Waals surface area contributed by atoms with E-state index in [0.717, 1.165) is 13.1 Å². The Bertz CT molecular complexity index is 332. The summed E-state index contributed by atoms with van der Waals surface area (Å²) in [7, 11) is 0. The van der Waals surface area contributed by atoms with Gasteiger partial charge in [-0.1, -0.05) is 58.4 Å². The molecule has 1 nitrogen and oxygen atoms in total. The number of benzene rings is 1. The molecular formula is C17H29N. The first-order valence-corrected chi connectivity index (χ1v) is 7.48. The van der Waals surface area contributed by atoms with E-state index in [4.69, 9.17) is 0 Å². The first-order chi connectivity index (χ1) is 8.69. The maximum atomic E-state index is 3.53. The molecule has 1 aromatic carbocycles. The van der Waals surface area contributed by atoms with Crippen LogP contribution in [0.5, 0.6) is 0 Å². The van der Waals surface area contributed by atoms with E-state index in [0.29, 0.717) is 11.8 Å². The number of nitrogens with one attached hydrogen (secondary N) is 1. The summed E-state index contributed by atoms with van der Waals surface area (Å²) in [5.74, 6) is 1.32. The van der Waals surface area contributed by atoms with Crippen LogP contribution in [0.3, 0.4) is 0 Å². The van der Waals surface area contributed by atoms with Crippen LogP contribution in [0.25, 0.3) is 0 Å². The van der Waals surface area contributed by atoms with Crippen LogP contribution in [0.15, 0.2) is 24.3 Å². The molecule has 0 aliphatic carbocycles. The topological polar surface area (TPSA) is 12.0 Å². The predicted octanol–water partition coefficient (Wildman–Crippen LogP) is 4.38. The van der Waals surface area contributed by atoms with E-state index < -0.39 is 0 Å². The van der Waals surface area contributed by atoms with Crippen molar-refractivity contribution in [3.63, 3.8) is 0 Å². The van der Waals surface area contributed by atoms with Crippen molar-refractivity contribution < 1.29 is 0 Å². The van der Waals surface area contributed by atoms with Gasteiger partial charge in [0, 0.05) is 0 Å². The number of hydrogen-bond donors (Lipinski definition) is 1. The van der Waals surface area contributed by atoms with Gasteiger partial charge < -0.3 is 5.32 Å². The monoisotopic (exact) mass is 247 g/mol. The van der Waals surface area contributed by atoms with Crippen molar-refractivity contribution in [3.8, 4) is 0 Å². The van der Waals surface area contributed by atoms with Crippen LogP contribution in [0.1, 0.15) is 57.6 Å². The second-order valence-electron chi connectivity index (χ2n) is 5.47. The molecule has 0 fully saturated rings. The maximum Gasteiger partial charge on any atom is -0.00174 e. The third kappa shape index (κ3) is 4.81. The zero-order valence-corrected chi connectivity index (χ0v) is 12.5. The largest absolute Gasteiger partial charge is 0.316 e. The van der Waals surface area contributed by atoms with E-state index in [1.165, 1.54) is 30.4 Å². The summed E-state index contributed by atoms with van der Waals surface area (Å²) < 4.78 is 0. The Labute approximate surface area is 113 Å². The lowest BCUT2D eigenvalue weighted by Crippen LogP contribution is -2.25. The quantitative estimate of drug-likeness (QED) is 0.672. The van der Waals surface area contributed by atoms with E-state index in [1.54, 1.807) is 0 Å². The number of aryl methyl sites for hydroxylation is 1. The molecule has 0 aliphatic heterocycles. The Morgan fingerprint density at radius 2 is 1.89 bits per heavy atom. The van der Waals surface area contributed by atoms with E-state index in [-0.39, 0.29) is 0 Å². The third-order valence-electron chi connectivity index (χ3n) is 3.76. The summed E-state index contributed by atoms with van der Waals surface area (Å²) >= 11 is 0. The van der Waals surface area contributed by atoms with Crippen LogP contribution in [-0.2, 0) is 6.42 Å². The SMILES string of the molecule is CCCNCC(C)C(C)c1cccc(CCC)c1. The molecule has 1 aromatic rings. The fourth-order valence-electron chi connectivity index (χ4n) is 2.33. The molecule has 0 saturated heterocycles. The lowest BCUT2D eigenvalue weighted by molar-refractivity contribution is 0.448. The van der Waals surface area contributed by atoms with Crippen molar-refractivity contribution in [2.45, 2.75) is 52.9 Å². The fraction of sp³-hybridized carbons (Fsp3) is 0.647. The van der Waals surface area contributed by atoms with Gasteiger partial charge in [-0.3, -0.25) is 0 Å². The van der Waals surface area contributed by atoms with Crippen LogP contribution >= 0.6 is 0 Å². The van der Waals surface area contributed by atoms with Gasteiger partial charge in [0.15, 0.2) is 0 Å². The molecule has 2 atom stereocenters. The van der Waals surface area contributed by atoms with Gasteiger partial charge in [0.2, 0.25) is 0 Å². The Balaban J connectivity index is 2.58. The van der Waals surface area contributed by atoms with E-state index in [1.807, 2.05) is 0 Å². The lowest BCUT2D eigenvalue weighted by Gasteiger charge is -2.21. The molecule has 0 bridgehead atoms. The zero-order chi connectivity index (χ0) is 13.4. The molecule has 0 aliphatic rings.